The van der Waals surface area contributed by atoms with Gasteiger partial charge >= 0.3 is 0 Å². The van der Waals surface area contributed by atoms with Gasteiger partial charge in [0, 0.05) is 0 Å². The van der Waals surface area contributed by atoms with Gasteiger partial charge in [-0.15, -0.1) is 0 Å². The average molecular weight is 86.2 g/mol. The quantitative estimate of drug-likeness (QED) is 0.401. The van der Waals surface area contributed by atoms with Crippen LogP contribution in [0, 0.1) is 11.2 Å². The maximum atomic E-state index is 2.78. The van der Waals surface area contributed by atoms with Crippen molar-refractivity contribution in [3.05, 3.63) is 0 Å². The minimum Gasteiger partial charge on any atom is -0.0947 e. The first-order valence-corrected chi connectivity index (χ1v) is 2.59. The molecule has 0 atom stereocenters. The summed E-state index contributed by atoms with van der Waals surface area (Å²) in [5.41, 5.74) is 0. The third-order valence-electron chi connectivity index (χ3n) is 0.204. The van der Waals surface area contributed by atoms with Crippen LogP contribution < -0.4 is 0 Å². The standard InChI is InChI=1S/C4H6S/c1-3-4-5-2/h1-2H3. The molecule has 0 amide bonds. The maximum Gasteiger partial charge on any atom is -0.00180 e. The van der Waals surface area contributed by atoms with Gasteiger partial charge in [0.1, 0.15) is 0 Å². The van der Waals surface area contributed by atoms with Gasteiger partial charge in [-0.25, -0.2) is 0 Å². The van der Waals surface area contributed by atoms with Crippen LogP contribution in [0.4, 0.5) is 0 Å². The third-order valence-corrected chi connectivity index (χ3v) is 0.612. The number of thioether (sulfide) groups is 1. The molecule has 0 unspecified atom stereocenters. The molecule has 0 aromatic rings. The molecular formula is C4H6S. The van der Waals surface area contributed by atoms with Crippen molar-refractivity contribution in [2.24, 2.45) is 0 Å². The van der Waals surface area contributed by atoms with E-state index in [9.17, 15) is 0 Å². The molecule has 0 aliphatic carbocycles. The molecule has 0 bridgehead atoms. The first-order chi connectivity index (χ1) is 2.41. The lowest BCUT2D eigenvalue weighted by Crippen LogP contribution is -1.36. The van der Waals surface area contributed by atoms with Crippen LogP contribution >= 0.6 is 11.8 Å². The van der Waals surface area contributed by atoms with E-state index in [1.54, 1.807) is 11.8 Å². The smallest absolute Gasteiger partial charge is 0.00180 e. The maximum absolute atomic E-state index is 2.78. The molecule has 1 heteroatoms. The third kappa shape index (κ3) is 3.91. The molecular weight excluding hydrogens is 80.1 g/mol. The first kappa shape index (κ1) is 4.91. The molecule has 0 aliphatic rings. The van der Waals surface area contributed by atoms with Crippen LogP contribution in [-0.4, -0.2) is 6.26 Å². The highest BCUT2D eigenvalue weighted by Crippen LogP contribution is 1.80. The van der Waals surface area contributed by atoms with E-state index in [4.69, 9.17) is 0 Å². The summed E-state index contributed by atoms with van der Waals surface area (Å²) in [4.78, 5) is 0. The van der Waals surface area contributed by atoms with Crippen LogP contribution in [0.3, 0.4) is 0 Å². The van der Waals surface area contributed by atoms with Crippen LogP contribution in [0.25, 0.3) is 0 Å². The molecule has 0 rings (SSSR count). The monoisotopic (exact) mass is 86.0 g/mol. The largest absolute Gasteiger partial charge is 0.0947 e. The second-order valence-electron chi connectivity index (χ2n) is 0.556. The van der Waals surface area contributed by atoms with Crippen molar-refractivity contribution >= 4 is 11.8 Å². The molecule has 0 spiro atoms. The van der Waals surface area contributed by atoms with Gasteiger partial charge in [-0.1, -0.05) is 17.7 Å². The van der Waals surface area contributed by atoms with E-state index in [2.05, 4.69) is 11.2 Å². The minimum atomic E-state index is 1.54. The summed E-state index contributed by atoms with van der Waals surface area (Å²) in [6, 6.07) is 0. The van der Waals surface area contributed by atoms with Crippen molar-refractivity contribution in [1.82, 2.24) is 0 Å². The molecule has 0 N–H and O–H groups in total. The zero-order valence-corrected chi connectivity index (χ0v) is 4.22. The van der Waals surface area contributed by atoms with Crippen LogP contribution in [0.5, 0.6) is 0 Å². The summed E-state index contributed by atoms with van der Waals surface area (Å²) >= 11 is 1.54. The molecule has 5 heavy (non-hydrogen) atoms. The van der Waals surface area contributed by atoms with Crippen molar-refractivity contribution in [2.45, 2.75) is 6.92 Å². The molecule has 0 aromatic carbocycles. The molecule has 0 fully saturated rings. The highest BCUT2D eigenvalue weighted by Gasteiger charge is 1.48. The van der Waals surface area contributed by atoms with Gasteiger partial charge in [-0.2, -0.15) is 0 Å². The minimum absolute atomic E-state index is 1.54. The molecule has 0 nitrogen and oxygen atoms in total. The van der Waals surface area contributed by atoms with Crippen molar-refractivity contribution < 1.29 is 0 Å². The number of hydrogen-bond acceptors (Lipinski definition) is 1. The van der Waals surface area contributed by atoms with E-state index < -0.39 is 0 Å². The van der Waals surface area contributed by atoms with E-state index in [0.29, 0.717) is 0 Å². The van der Waals surface area contributed by atoms with Gasteiger partial charge in [0.25, 0.3) is 0 Å². The number of rotatable bonds is 0. The van der Waals surface area contributed by atoms with Gasteiger partial charge in [0.15, 0.2) is 0 Å². The van der Waals surface area contributed by atoms with Gasteiger partial charge in [-0.3, -0.25) is 0 Å². The summed E-state index contributed by atoms with van der Waals surface area (Å²) in [5.74, 6) is 2.73. The molecule has 0 saturated heterocycles. The Balaban J connectivity index is 2.81. The van der Waals surface area contributed by atoms with E-state index in [1.165, 1.54) is 0 Å². The highest BCUT2D eigenvalue weighted by molar-refractivity contribution is 8.03. The van der Waals surface area contributed by atoms with Crippen LogP contribution in [0.1, 0.15) is 6.92 Å². The zero-order valence-electron chi connectivity index (χ0n) is 3.41. The van der Waals surface area contributed by atoms with Crippen molar-refractivity contribution in [3.8, 4) is 11.2 Å². The summed E-state index contributed by atoms with van der Waals surface area (Å²) < 4.78 is 0. The summed E-state index contributed by atoms with van der Waals surface area (Å²) in [7, 11) is 0. The van der Waals surface area contributed by atoms with Gasteiger partial charge in [-0.05, 0) is 18.4 Å². The Morgan fingerprint density at radius 2 is 2.20 bits per heavy atom. The fourth-order valence-electron chi connectivity index (χ4n) is 0.102. The predicted molar refractivity (Wildman–Crippen MR) is 27.0 cm³/mol. The van der Waals surface area contributed by atoms with E-state index in [0.717, 1.165) is 0 Å². The molecule has 0 saturated carbocycles. The van der Waals surface area contributed by atoms with E-state index >= 15 is 0 Å². The fraction of sp³-hybridized carbons (Fsp3) is 0.500. The zero-order chi connectivity index (χ0) is 4.12. The first-order valence-electron chi connectivity index (χ1n) is 1.36. The number of hydrogen-bond donors (Lipinski definition) is 0. The second kappa shape index (κ2) is 3.91. The Morgan fingerprint density at radius 1 is 1.60 bits per heavy atom. The fourth-order valence-corrected chi connectivity index (χ4v) is 0.306. The normalized spacial score (nSPS) is 5.20. The van der Waals surface area contributed by atoms with E-state index in [1.807, 2.05) is 13.2 Å². The van der Waals surface area contributed by atoms with Gasteiger partial charge in [0.2, 0.25) is 0 Å². The lowest BCUT2D eigenvalue weighted by molar-refractivity contribution is 1.94. The molecule has 0 aliphatic heterocycles. The molecule has 0 radical (unpaired) electrons. The van der Waals surface area contributed by atoms with Crippen LogP contribution in [0.15, 0.2) is 0 Å². The van der Waals surface area contributed by atoms with Crippen molar-refractivity contribution in [1.29, 1.82) is 0 Å². The summed E-state index contributed by atoms with van der Waals surface area (Å²) in [5, 5.41) is 2.78. The Labute approximate surface area is 37.0 Å². The lowest BCUT2D eigenvalue weighted by atomic mass is 10.9. The molecule has 0 aromatic heterocycles. The average Bonchev–Trinajstić information content (AvgIpc) is 1.41. The summed E-state index contributed by atoms with van der Waals surface area (Å²) in [6.07, 6.45) is 1.95. The second-order valence-corrected chi connectivity index (χ2v) is 1.17. The Bertz CT molecular complexity index is 55.8. The van der Waals surface area contributed by atoms with Gasteiger partial charge in [0.05, 0.1) is 0 Å². The van der Waals surface area contributed by atoms with Crippen molar-refractivity contribution in [2.75, 3.05) is 6.26 Å². The lowest BCUT2D eigenvalue weighted by Gasteiger charge is -1.58. The Hall–Kier alpha value is -0.0900. The Morgan fingerprint density at radius 3 is 2.20 bits per heavy atom. The van der Waals surface area contributed by atoms with Crippen LogP contribution in [0.2, 0.25) is 0 Å². The van der Waals surface area contributed by atoms with Crippen molar-refractivity contribution in [3.63, 3.8) is 0 Å². The Kier molecular flexibility index (Phi) is 3.84. The molecule has 28 valence electrons. The van der Waals surface area contributed by atoms with E-state index in [-0.39, 0.29) is 0 Å². The predicted octanol–water partition coefficient (Wildman–Crippen LogP) is 1.33. The van der Waals surface area contributed by atoms with Crippen LogP contribution in [-0.2, 0) is 0 Å². The highest BCUT2D eigenvalue weighted by atomic mass is 32.2. The SMILES string of the molecule is CC#CSC. The molecule has 0 heterocycles. The topological polar surface area (TPSA) is 0 Å². The van der Waals surface area contributed by atoms with Gasteiger partial charge < -0.3 is 0 Å². The summed E-state index contributed by atoms with van der Waals surface area (Å²) in [6.45, 7) is 1.83.